The SMILES string of the molecule is CCCC(=O)c1ccc(Nc2cc(-c3cc(C)cc(Cl)c3)nn2-c2ccc(C)cc2)cc1. The minimum atomic E-state index is 0.169. The van der Waals surface area contributed by atoms with Gasteiger partial charge in [0.15, 0.2) is 5.78 Å². The van der Waals surface area contributed by atoms with Crippen LogP contribution in [-0.2, 0) is 0 Å². The average molecular weight is 444 g/mol. The van der Waals surface area contributed by atoms with Gasteiger partial charge in [0.05, 0.1) is 11.4 Å². The summed E-state index contributed by atoms with van der Waals surface area (Å²) in [5, 5.41) is 9.02. The first-order chi connectivity index (χ1) is 15.4. The van der Waals surface area contributed by atoms with Crippen molar-refractivity contribution >= 4 is 28.9 Å². The van der Waals surface area contributed by atoms with Gasteiger partial charge in [0, 0.05) is 34.3 Å². The molecule has 1 aromatic heterocycles. The summed E-state index contributed by atoms with van der Waals surface area (Å²) >= 11 is 6.30. The Bertz CT molecular complexity index is 1220. The van der Waals surface area contributed by atoms with Crippen LogP contribution in [0.5, 0.6) is 0 Å². The molecular weight excluding hydrogens is 418 g/mol. The van der Waals surface area contributed by atoms with Gasteiger partial charge in [-0.25, -0.2) is 4.68 Å². The molecule has 0 aliphatic carbocycles. The maximum Gasteiger partial charge on any atom is 0.162 e. The van der Waals surface area contributed by atoms with Crippen LogP contribution in [0.15, 0.2) is 72.8 Å². The van der Waals surface area contributed by atoms with Gasteiger partial charge in [-0.15, -0.1) is 0 Å². The number of nitrogens with one attached hydrogen (secondary N) is 1. The number of hydrogen-bond donors (Lipinski definition) is 1. The van der Waals surface area contributed by atoms with E-state index in [0.717, 1.165) is 46.0 Å². The van der Waals surface area contributed by atoms with Crippen LogP contribution < -0.4 is 5.32 Å². The van der Waals surface area contributed by atoms with Crippen molar-refractivity contribution in [3.05, 3.63) is 94.5 Å². The van der Waals surface area contributed by atoms with Crippen molar-refractivity contribution in [3.63, 3.8) is 0 Å². The van der Waals surface area contributed by atoms with Crippen LogP contribution in [0.1, 0.15) is 41.3 Å². The highest BCUT2D eigenvalue weighted by molar-refractivity contribution is 6.30. The molecule has 32 heavy (non-hydrogen) atoms. The number of anilines is 2. The second kappa shape index (κ2) is 9.41. The van der Waals surface area contributed by atoms with Crippen molar-refractivity contribution in [2.75, 3.05) is 5.32 Å². The van der Waals surface area contributed by atoms with Gasteiger partial charge < -0.3 is 5.32 Å². The third-order valence-electron chi connectivity index (χ3n) is 5.28. The van der Waals surface area contributed by atoms with Crippen LogP contribution in [0.25, 0.3) is 16.9 Å². The van der Waals surface area contributed by atoms with Crippen molar-refractivity contribution in [3.8, 4) is 16.9 Å². The number of halogens is 1. The Balaban J connectivity index is 1.72. The summed E-state index contributed by atoms with van der Waals surface area (Å²) in [6, 6.07) is 23.8. The molecule has 0 aliphatic rings. The van der Waals surface area contributed by atoms with Crippen LogP contribution in [0.3, 0.4) is 0 Å². The van der Waals surface area contributed by atoms with Crippen LogP contribution in [0, 0.1) is 13.8 Å². The Morgan fingerprint density at radius 3 is 2.31 bits per heavy atom. The summed E-state index contributed by atoms with van der Waals surface area (Å²) in [6.07, 6.45) is 1.41. The number of ketones is 1. The molecular formula is C27H26ClN3O. The molecule has 0 aliphatic heterocycles. The second-order valence-electron chi connectivity index (χ2n) is 8.05. The molecule has 162 valence electrons. The Hall–Kier alpha value is -3.37. The predicted octanol–water partition coefficient (Wildman–Crippen LogP) is 7.54. The predicted molar refractivity (Wildman–Crippen MR) is 132 cm³/mol. The molecule has 3 aromatic carbocycles. The minimum Gasteiger partial charge on any atom is -0.340 e. The van der Waals surface area contributed by atoms with Crippen LogP contribution in [0.2, 0.25) is 5.02 Å². The summed E-state index contributed by atoms with van der Waals surface area (Å²) in [7, 11) is 0. The number of aromatic nitrogens is 2. The minimum absolute atomic E-state index is 0.169. The van der Waals surface area contributed by atoms with Crippen molar-refractivity contribution in [1.29, 1.82) is 0 Å². The molecule has 0 saturated carbocycles. The molecule has 4 rings (SSSR count). The number of nitrogens with zero attached hydrogens (tertiary/aromatic N) is 2. The van der Waals surface area contributed by atoms with Crippen molar-refractivity contribution < 1.29 is 4.79 Å². The number of carbonyl (C=O) groups is 1. The van der Waals surface area contributed by atoms with Crippen molar-refractivity contribution in [1.82, 2.24) is 9.78 Å². The third-order valence-corrected chi connectivity index (χ3v) is 5.50. The van der Waals surface area contributed by atoms with E-state index in [1.54, 1.807) is 0 Å². The number of benzene rings is 3. The summed E-state index contributed by atoms with van der Waals surface area (Å²) in [4.78, 5) is 12.2. The van der Waals surface area contributed by atoms with E-state index in [9.17, 15) is 4.79 Å². The maximum atomic E-state index is 12.2. The fourth-order valence-electron chi connectivity index (χ4n) is 3.64. The molecule has 4 aromatic rings. The van der Waals surface area contributed by atoms with Gasteiger partial charge >= 0.3 is 0 Å². The highest BCUT2D eigenvalue weighted by Crippen LogP contribution is 2.29. The first-order valence-electron chi connectivity index (χ1n) is 10.8. The molecule has 5 heteroatoms. The normalized spacial score (nSPS) is 10.9. The molecule has 0 unspecified atom stereocenters. The van der Waals surface area contributed by atoms with Gasteiger partial charge in [0.25, 0.3) is 0 Å². The summed E-state index contributed by atoms with van der Waals surface area (Å²) in [6.45, 7) is 6.10. The van der Waals surface area contributed by atoms with E-state index in [2.05, 4.69) is 30.4 Å². The van der Waals surface area contributed by atoms with Crippen molar-refractivity contribution in [2.24, 2.45) is 0 Å². The first-order valence-corrected chi connectivity index (χ1v) is 11.2. The molecule has 0 atom stereocenters. The molecule has 4 nitrogen and oxygen atoms in total. The summed E-state index contributed by atoms with van der Waals surface area (Å²) < 4.78 is 1.89. The standard InChI is InChI=1S/C27H26ClN3O/c1-4-5-26(32)20-8-10-23(11-9-20)29-27-17-25(21-14-19(3)15-22(28)16-21)30-31(27)24-12-6-18(2)7-13-24/h6-17,29H,4-5H2,1-3H3. The zero-order valence-corrected chi connectivity index (χ0v) is 19.3. The first kappa shape index (κ1) is 21.8. The lowest BCUT2D eigenvalue weighted by Gasteiger charge is -2.10. The average Bonchev–Trinajstić information content (AvgIpc) is 3.18. The van der Waals surface area contributed by atoms with Gasteiger partial charge in [0.2, 0.25) is 0 Å². The molecule has 1 N–H and O–H groups in total. The largest absolute Gasteiger partial charge is 0.340 e. The van der Waals surface area contributed by atoms with Gasteiger partial charge in [0.1, 0.15) is 5.82 Å². The van der Waals surface area contributed by atoms with Gasteiger partial charge in [-0.3, -0.25) is 4.79 Å². The van der Waals surface area contributed by atoms with E-state index in [1.807, 2.05) is 73.1 Å². The number of carbonyl (C=O) groups excluding carboxylic acids is 1. The van der Waals surface area contributed by atoms with E-state index in [0.29, 0.717) is 11.4 Å². The zero-order chi connectivity index (χ0) is 22.7. The Morgan fingerprint density at radius 1 is 0.938 bits per heavy atom. The smallest absolute Gasteiger partial charge is 0.162 e. The molecule has 0 amide bonds. The van der Waals surface area contributed by atoms with Crippen LogP contribution in [-0.4, -0.2) is 15.6 Å². The summed E-state index contributed by atoms with van der Waals surface area (Å²) in [5.41, 5.74) is 6.64. The molecule has 0 fully saturated rings. The number of aryl methyl sites for hydroxylation is 2. The molecule has 0 spiro atoms. The summed E-state index contributed by atoms with van der Waals surface area (Å²) in [5.74, 6) is 0.997. The highest BCUT2D eigenvalue weighted by Gasteiger charge is 2.13. The fourth-order valence-corrected chi connectivity index (χ4v) is 3.93. The van der Waals surface area contributed by atoms with E-state index in [4.69, 9.17) is 16.7 Å². The van der Waals surface area contributed by atoms with Gasteiger partial charge in [-0.1, -0.05) is 36.2 Å². The topological polar surface area (TPSA) is 46.9 Å². The van der Waals surface area contributed by atoms with Gasteiger partial charge in [-0.2, -0.15) is 5.10 Å². The fraction of sp³-hybridized carbons (Fsp3) is 0.185. The molecule has 1 heterocycles. The van der Waals surface area contributed by atoms with E-state index >= 15 is 0 Å². The quantitative estimate of drug-likeness (QED) is 0.300. The van der Waals surface area contributed by atoms with Gasteiger partial charge in [-0.05, 0) is 80.4 Å². The Morgan fingerprint density at radius 2 is 1.66 bits per heavy atom. The van der Waals surface area contributed by atoms with E-state index in [-0.39, 0.29) is 5.78 Å². The lowest BCUT2D eigenvalue weighted by atomic mass is 10.1. The third kappa shape index (κ3) is 4.92. The van der Waals surface area contributed by atoms with E-state index < -0.39 is 0 Å². The molecule has 0 bridgehead atoms. The Kier molecular flexibility index (Phi) is 6.42. The molecule has 0 saturated heterocycles. The lowest BCUT2D eigenvalue weighted by molar-refractivity contribution is 0.0982. The van der Waals surface area contributed by atoms with Crippen LogP contribution >= 0.6 is 11.6 Å². The zero-order valence-electron chi connectivity index (χ0n) is 18.5. The van der Waals surface area contributed by atoms with Crippen LogP contribution in [0.4, 0.5) is 11.5 Å². The van der Waals surface area contributed by atoms with Crippen molar-refractivity contribution in [2.45, 2.75) is 33.6 Å². The maximum absolute atomic E-state index is 12.2. The number of Topliss-reactive ketones (excluding diaryl/α,β-unsaturated/α-hetero) is 1. The number of hydrogen-bond acceptors (Lipinski definition) is 3. The molecule has 0 radical (unpaired) electrons. The van der Waals surface area contributed by atoms with E-state index in [1.165, 1.54) is 5.56 Å². The monoisotopic (exact) mass is 443 g/mol. The second-order valence-corrected chi connectivity index (χ2v) is 8.49. The lowest BCUT2D eigenvalue weighted by Crippen LogP contribution is -2.03. The highest BCUT2D eigenvalue weighted by atomic mass is 35.5. The Labute approximate surface area is 193 Å². The number of rotatable bonds is 7.